The highest BCUT2D eigenvalue weighted by molar-refractivity contribution is 5.78. The minimum atomic E-state index is 0.237. The second-order valence-electron chi connectivity index (χ2n) is 5.97. The van der Waals surface area contributed by atoms with Crippen LogP contribution in [0.2, 0.25) is 0 Å². The monoisotopic (exact) mass is 273 g/mol. The van der Waals surface area contributed by atoms with Crippen LogP contribution in [-0.4, -0.2) is 23.9 Å². The molecule has 0 aliphatic carbocycles. The Morgan fingerprint density at radius 1 is 1.15 bits per heavy atom. The molecular formula is C18H27NO. The molecule has 20 heavy (non-hydrogen) atoms. The second kappa shape index (κ2) is 7.47. The number of benzene rings is 1. The quantitative estimate of drug-likeness (QED) is 0.796. The van der Waals surface area contributed by atoms with Crippen molar-refractivity contribution in [3.05, 3.63) is 35.9 Å². The van der Waals surface area contributed by atoms with E-state index in [9.17, 15) is 4.79 Å². The molecule has 1 amide bonds. The van der Waals surface area contributed by atoms with Gasteiger partial charge in [-0.3, -0.25) is 4.79 Å². The molecule has 2 nitrogen and oxygen atoms in total. The van der Waals surface area contributed by atoms with Gasteiger partial charge in [-0.1, -0.05) is 44.2 Å². The normalized spacial score (nSPS) is 16.6. The van der Waals surface area contributed by atoms with Gasteiger partial charge in [-0.15, -0.1) is 0 Å². The van der Waals surface area contributed by atoms with Crippen LogP contribution in [0.25, 0.3) is 0 Å². The lowest BCUT2D eigenvalue weighted by molar-refractivity contribution is -0.137. The summed E-state index contributed by atoms with van der Waals surface area (Å²) in [5, 5.41) is 0. The molecule has 0 saturated carbocycles. The smallest absolute Gasteiger partial charge is 0.225 e. The van der Waals surface area contributed by atoms with E-state index in [4.69, 9.17) is 0 Å². The molecule has 0 unspecified atom stereocenters. The molecule has 2 heteroatoms. The maximum absolute atomic E-state index is 12.4. The molecule has 0 bridgehead atoms. The van der Waals surface area contributed by atoms with E-state index in [-0.39, 0.29) is 5.92 Å². The van der Waals surface area contributed by atoms with Crippen LogP contribution in [0.15, 0.2) is 30.3 Å². The SMILES string of the molecule is CCC(CC)C(=O)N1CCC(Cc2ccccc2)CC1. The van der Waals surface area contributed by atoms with Crippen LogP contribution in [0, 0.1) is 11.8 Å². The van der Waals surface area contributed by atoms with Crippen molar-refractivity contribution < 1.29 is 4.79 Å². The lowest BCUT2D eigenvalue weighted by Crippen LogP contribution is -2.41. The fourth-order valence-electron chi connectivity index (χ4n) is 3.20. The molecule has 1 aromatic rings. The van der Waals surface area contributed by atoms with Crippen molar-refractivity contribution in [1.82, 2.24) is 4.90 Å². The van der Waals surface area contributed by atoms with Crippen LogP contribution in [0.5, 0.6) is 0 Å². The molecule has 0 aromatic heterocycles. The predicted molar refractivity (Wildman–Crippen MR) is 83.5 cm³/mol. The summed E-state index contributed by atoms with van der Waals surface area (Å²) in [4.78, 5) is 14.4. The van der Waals surface area contributed by atoms with Gasteiger partial charge < -0.3 is 4.90 Å². The molecule has 1 aliphatic heterocycles. The van der Waals surface area contributed by atoms with Crippen molar-refractivity contribution in [3.63, 3.8) is 0 Å². The third-order valence-electron chi connectivity index (χ3n) is 4.63. The van der Waals surface area contributed by atoms with E-state index in [1.54, 1.807) is 0 Å². The Morgan fingerprint density at radius 2 is 1.75 bits per heavy atom. The van der Waals surface area contributed by atoms with E-state index in [1.165, 1.54) is 5.56 Å². The molecule has 0 radical (unpaired) electrons. The summed E-state index contributed by atoms with van der Waals surface area (Å²) in [6, 6.07) is 10.7. The Bertz CT molecular complexity index is 403. The number of hydrogen-bond acceptors (Lipinski definition) is 1. The summed E-state index contributed by atoms with van der Waals surface area (Å²) in [5.74, 6) is 1.36. The van der Waals surface area contributed by atoms with Crippen LogP contribution in [0.4, 0.5) is 0 Å². The zero-order valence-corrected chi connectivity index (χ0v) is 12.8. The summed E-state index contributed by atoms with van der Waals surface area (Å²) in [7, 11) is 0. The molecule has 0 spiro atoms. The topological polar surface area (TPSA) is 20.3 Å². The van der Waals surface area contributed by atoms with Crippen molar-refractivity contribution in [2.75, 3.05) is 13.1 Å². The van der Waals surface area contributed by atoms with Crippen molar-refractivity contribution in [3.8, 4) is 0 Å². The van der Waals surface area contributed by atoms with Crippen LogP contribution in [0.3, 0.4) is 0 Å². The molecule has 1 heterocycles. The van der Waals surface area contributed by atoms with E-state index < -0.39 is 0 Å². The third-order valence-corrected chi connectivity index (χ3v) is 4.63. The van der Waals surface area contributed by atoms with Gasteiger partial charge in [-0.2, -0.15) is 0 Å². The van der Waals surface area contributed by atoms with Gasteiger partial charge in [0, 0.05) is 19.0 Å². The van der Waals surface area contributed by atoms with Gasteiger partial charge in [0.25, 0.3) is 0 Å². The number of likely N-dealkylation sites (tertiary alicyclic amines) is 1. The highest BCUT2D eigenvalue weighted by Crippen LogP contribution is 2.23. The molecule has 2 rings (SSSR count). The summed E-state index contributed by atoms with van der Waals surface area (Å²) < 4.78 is 0. The number of nitrogens with zero attached hydrogens (tertiary/aromatic N) is 1. The number of carbonyl (C=O) groups is 1. The van der Waals surface area contributed by atoms with Gasteiger partial charge in [0.1, 0.15) is 0 Å². The first kappa shape index (κ1) is 15.1. The van der Waals surface area contributed by atoms with Crippen LogP contribution in [-0.2, 0) is 11.2 Å². The zero-order valence-electron chi connectivity index (χ0n) is 12.8. The van der Waals surface area contributed by atoms with Crippen molar-refractivity contribution in [2.45, 2.75) is 46.0 Å². The molecule has 1 fully saturated rings. The van der Waals surface area contributed by atoms with Crippen LogP contribution >= 0.6 is 0 Å². The molecule has 1 aliphatic rings. The van der Waals surface area contributed by atoms with E-state index >= 15 is 0 Å². The Hall–Kier alpha value is -1.31. The lowest BCUT2D eigenvalue weighted by atomic mass is 9.89. The van der Waals surface area contributed by atoms with E-state index in [0.29, 0.717) is 5.91 Å². The summed E-state index contributed by atoms with van der Waals surface area (Å²) in [6.45, 7) is 6.14. The van der Waals surface area contributed by atoms with Crippen molar-refractivity contribution in [1.29, 1.82) is 0 Å². The van der Waals surface area contributed by atoms with Gasteiger partial charge in [0.2, 0.25) is 5.91 Å². The molecule has 0 atom stereocenters. The number of hydrogen-bond donors (Lipinski definition) is 0. The van der Waals surface area contributed by atoms with Crippen molar-refractivity contribution in [2.24, 2.45) is 11.8 Å². The van der Waals surface area contributed by atoms with Gasteiger partial charge in [-0.05, 0) is 43.6 Å². The van der Waals surface area contributed by atoms with Gasteiger partial charge in [-0.25, -0.2) is 0 Å². The molecule has 1 aromatic carbocycles. The fourth-order valence-corrected chi connectivity index (χ4v) is 3.20. The number of amides is 1. The minimum Gasteiger partial charge on any atom is -0.342 e. The minimum absolute atomic E-state index is 0.237. The first-order valence-electron chi connectivity index (χ1n) is 8.07. The van der Waals surface area contributed by atoms with Crippen LogP contribution < -0.4 is 0 Å². The fraction of sp³-hybridized carbons (Fsp3) is 0.611. The summed E-state index contributed by atoms with van der Waals surface area (Å²) in [5.41, 5.74) is 1.43. The maximum atomic E-state index is 12.4. The van der Waals surface area contributed by atoms with E-state index in [1.807, 2.05) is 0 Å². The van der Waals surface area contributed by atoms with Crippen molar-refractivity contribution >= 4 is 5.91 Å². The van der Waals surface area contributed by atoms with Gasteiger partial charge in [0.15, 0.2) is 0 Å². The molecular weight excluding hydrogens is 246 g/mol. The van der Waals surface area contributed by atoms with Crippen LogP contribution in [0.1, 0.15) is 45.1 Å². The first-order chi connectivity index (χ1) is 9.74. The third kappa shape index (κ3) is 3.84. The predicted octanol–water partition coefficient (Wildman–Crippen LogP) is 3.90. The Labute approximate surface area is 123 Å². The number of piperidine rings is 1. The van der Waals surface area contributed by atoms with E-state index in [2.05, 4.69) is 49.1 Å². The first-order valence-corrected chi connectivity index (χ1v) is 8.07. The largest absolute Gasteiger partial charge is 0.342 e. The van der Waals surface area contributed by atoms with E-state index in [0.717, 1.165) is 51.1 Å². The highest BCUT2D eigenvalue weighted by atomic mass is 16.2. The van der Waals surface area contributed by atoms with Gasteiger partial charge >= 0.3 is 0 Å². The molecule has 110 valence electrons. The summed E-state index contributed by atoms with van der Waals surface area (Å²) in [6.07, 6.45) is 5.41. The lowest BCUT2D eigenvalue weighted by Gasteiger charge is -2.34. The molecule has 0 N–H and O–H groups in total. The number of rotatable bonds is 5. The highest BCUT2D eigenvalue weighted by Gasteiger charge is 2.26. The second-order valence-corrected chi connectivity index (χ2v) is 5.97. The Kier molecular flexibility index (Phi) is 5.63. The van der Waals surface area contributed by atoms with Gasteiger partial charge in [0.05, 0.1) is 0 Å². The number of carbonyl (C=O) groups excluding carboxylic acids is 1. The average molecular weight is 273 g/mol. The Balaban J connectivity index is 1.82. The Morgan fingerprint density at radius 3 is 2.30 bits per heavy atom. The average Bonchev–Trinajstić information content (AvgIpc) is 2.50. The standard InChI is InChI=1S/C18H27NO/c1-3-17(4-2)18(20)19-12-10-16(11-13-19)14-15-8-6-5-7-9-15/h5-9,16-17H,3-4,10-14H2,1-2H3. The maximum Gasteiger partial charge on any atom is 0.225 e. The molecule has 1 saturated heterocycles. The zero-order chi connectivity index (χ0) is 14.4. The summed E-state index contributed by atoms with van der Waals surface area (Å²) >= 11 is 0.